The van der Waals surface area contributed by atoms with Crippen molar-refractivity contribution in [2.24, 2.45) is 11.8 Å². The van der Waals surface area contributed by atoms with Gasteiger partial charge in [0.25, 0.3) is 0 Å². The number of carbonyl (C=O) groups is 5. The van der Waals surface area contributed by atoms with Gasteiger partial charge in [0.2, 0.25) is 0 Å². The Bertz CT molecular complexity index is 2050. The molecule has 0 radical (unpaired) electrons. The first-order chi connectivity index (χ1) is 28.1. The minimum absolute atomic E-state index is 0.223. The van der Waals surface area contributed by atoms with E-state index in [0.717, 1.165) is 25.3 Å². The zero-order valence-corrected chi connectivity index (χ0v) is 32.4. The highest BCUT2D eigenvalue weighted by Gasteiger charge is 2.28. The van der Waals surface area contributed by atoms with E-state index in [9.17, 15) is 24.0 Å². The molecule has 302 valence electrons. The van der Waals surface area contributed by atoms with E-state index in [1.54, 1.807) is 61.5 Å². The van der Waals surface area contributed by atoms with Crippen LogP contribution in [-0.4, -0.2) is 56.3 Å². The molecule has 1 aliphatic rings. The molecule has 1 fully saturated rings. The maximum absolute atomic E-state index is 12.9. The second-order valence-corrected chi connectivity index (χ2v) is 13.5. The molecule has 1 unspecified atom stereocenters. The van der Waals surface area contributed by atoms with Crippen LogP contribution in [0.5, 0.6) is 28.7 Å². The topological polar surface area (TPSA) is 150 Å². The number of aryl methyl sites for hydroxylation is 1. The Labute approximate surface area is 337 Å². The molecular formula is C46H46O12. The lowest BCUT2D eigenvalue weighted by Crippen LogP contribution is -2.28. The van der Waals surface area contributed by atoms with Gasteiger partial charge < -0.3 is 33.2 Å². The third-order valence-electron chi connectivity index (χ3n) is 9.44. The molecule has 1 saturated carbocycles. The van der Waals surface area contributed by atoms with Crippen LogP contribution >= 0.6 is 0 Å². The first kappa shape index (κ1) is 42.5. The van der Waals surface area contributed by atoms with E-state index in [2.05, 4.69) is 13.2 Å². The van der Waals surface area contributed by atoms with E-state index in [1.807, 2.05) is 0 Å². The van der Waals surface area contributed by atoms with Crippen LogP contribution < -0.4 is 23.7 Å². The van der Waals surface area contributed by atoms with Gasteiger partial charge in [-0.25, -0.2) is 24.0 Å². The summed E-state index contributed by atoms with van der Waals surface area (Å²) in [6.07, 6.45) is 7.78. The zero-order chi connectivity index (χ0) is 41.3. The molecule has 0 bridgehead atoms. The summed E-state index contributed by atoms with van der Waals surface area (Å²) < 4.78 is 38.4. The molecular weight excluding hydrogens is 744 g/mol. The average molecular weight is 791 g/mol. The van der Waals surface area contributed by atoms with Crippen LogP contribution in [0.2, 0.25) is 0 Å². The minimum atomic E-state index is -0.628. The SMILES string of the molecule is C=CC(=O)OCCCCOc1ccc(C(=O)Oc2ccc(OC(=O)c3ccc(OC(=O)c4ccc(OCCC(COC(=O)C=C)C5CCC5)cc4)cc3)c(C)c2)cc1. The smallest absolute Gasteiger partial charge is 0.343 e. The summed E-state index contributed by atoms with van der Waals surface area (Å²) in [7, 11) is 0. The molecule has 1 aliphatic carbocycles. The summed E-state index contributed by atoms with van der Waals surface area (Å²) in [6, 6.07) is 23.7. The number of unbranched alkanes of at least 4 members (excludes halogenated alkanes) is 1. The third kappa shape index (κ3) is 12.9. The molecule has 1 atom stereocenters. The molecule has 0 aromatic heterocycles. The Kier molecular flexibility index (Phi) is 15.8. The van der Waals surface area contributed by atoms with Gasteiger partial charge in [-0.05, 0) is 135 Å². The molecule has 12 heteroatoms. The third-order valence-corrected chi connectivity index (χ3v) is 9.44. The standard InChI is InChI=1S/C46H46O12/c1-4-42(47)54-27-7-6-26-52-37-17-11-34(12-18-37)45(50)57-40-23-24-41(31(3)29-40)58-46(51)35-15-21-39(22-16-35)56-44(49)33-13-19-38(20-14-33)53-28-25-36(32-9-8-10-32)30-55-43(48)5-2/h4-5,11-24,29,32,36H,1-2,6-10,25-28,30H2,3H3. The lowest BCUT2D eigenvalue weighted by atomic mass is 9.75. The number of rotatable bonds is 21. The van der Waals surface area contributed by atoms with Gasteiger partial charge in [0, 0.05) is 12.2 Å². The number of hydrogen-bond acceptors (Lipinski definition) is 12. The zero-order valence-electron chi connectivity index (χ0n) is 32.4. The number of benzene rings is 4. The van der Waals surface area contributed by atoms with Gasteiger partial charge in [-0.2, -0.15) is 0 Å². The van der Waals surface area contributed by atoms with Crippen LogP contribution in [0.4, 0.5) is 0 Å². The molecule has 12 nitrogen and oxygen atoms in total. The Morgan fingerprint density at radius 1 is 0.603 bits per heavy atom. The van der Waals surface area contributed by atoms with Gasteiger partial charge in [-0.1, -0.05) is 32.4 Å². The van der Waals surface area contributed by atoms with Crippen molar-refractivity contribution in [1.29, 1.82) is 0 Å². The van der Waals surface area contributed by atoms with E-state index >= 15 is 0 Å². The van der Waals surface area contributed by atoms with E-state index in [4.69, 9.17) is 33.2 Å². The number of ether oxygens (including phenoxy) is 7. The van der Waals surface area contributed by atoms with Crippen LogP contribution in [0.1, 0.15) is 75.2 Å². The van der Waals surface area contributed by atoms with Crippen molar-refractivity contribution in [2.45, 2.75) is 45.4 Å². The van der Waals surface area contributed by atoms with Crippen molar-refractivity contribution >= 4 is 29.8 Å². The van der Waals surface area contributed by atoms with E-state index < -0.39 is 29.8 Å². The van der Waals surface area contributed by atoms with Crippen LogP contribution in [-0.2, 0) is 19.1 Å². The fourth-order valence-electron chi connectivity index (χ4n) is 5.89. The second-order valence-electron chi connectivity index (χ2n) is 13.5. The Morgan fingerprint density at radius 3 is 1.62 bits per heavy atom. The van der Waals surface area contributed by atoms with Gasteiger partial charge in [-0.3, -0.25) is 0 Å². The maximum atomic E-state index is 12.9. The van der Waals surface area contributed by atoms with Crippen molar-refractivity contribution in [3.8, 4) is 28.7 Å². The molecule has 4 aromatic rings. The quantitative estimate of drug-likeness (QED) is 0.0345. The molecule has 58 heavy (non-hydrogen) atoms. The summed E-state index contributed by atoms with van der Waals surface area (Å²) in [5.41, 5.74) is 1.44. The van der Waals surface area contributed by atoms with Crippen LogP contribution in [0.15, 0.2) is 116 Å². The lowest BCUT2D eigenvalue weighted by Gasteiger charge is -2.33. The molecule has 0 N–H and O–H groups in total. The van der Waals surface area contributed by atoms with Crippen LogP contribution in [0.3, 0.4) is 0 Å². The molecule has 0 heterocycles. The van der Waals surface area contributed by atoms with E-state index in [0.29, 0.717) is 66.8 Å². The molecule has 0 spiro atoms. The number of carbonyl (C=O) groups excluding carboxylic acids is 5. The molecule has 0 amide bonds. The Morgan fingerprint density at radius 2 is 1.09 bits per heavy atom. The highest BCUT2D eigenvalue weighted by molar-refractivity contribution is 5.93. The molecule has 0 aliphatic heterocycles. The number of hydrogen-bond donors (Lipinski definition) is 0. The van der Waals surface area contributed by atoms with Crippen LogP contribution in [0, 0.1) is 18.8 Å². The van der Waals surface area contributed by atoms with Crippen molar-refractivity contribution in [3.63, 3.8) is 0 Å². The molecule has 0 saturated heterocycles. The van der Waals surface area contributed by atoms with Crippen molar-refractivity contribution in [1.82, 2.24) is 0 Å². The average Bonchev–Trinajstić information content (AvgIpc) is 3.21. The predicted molar refractivity (Wildman–Crippen MR) is 213 cm³/mol. The molecule has 5 rings (SSSR count). The van der Waals surface area contributed by atoms with Gasteiger partial charge in [-0.15, -0.1) is 0 Å². The largest absolute Gasteiger partial charge is 0.494 e. The first-order valence-corrected chi connectivity index (χ1v) is 19.0. The van der Waals surface area contributed by atoms with E-state index in [1.165, 1.54) is 48.9 Å². The summed E-state index contributed by atoms with van der Waals surface area (Å²) in [5, 5.41) is 0. The van der Waals surface area contributed by atoms with Crippen LogP contribution in [0.25, 0.3) is 0 Å². The second kappa shape index (κ2) is 21.6. The monoisotopic (exact) mass is 790 g/mol. The van der Waals surface area contributed by atoms with E-state index in [-0.39, 0.29) is 35.3 Å². The van der Waals surface area contributed by atoms with Gasteiger partial charge in [0.15, 0.2) is 0 Å². The lowest BCUT2D eigenvalue weighted by molar-refractivity contribution is -0.140. The van der Waals surface area contributed by atoms with Gasteiger partial charge in [0.1, 0.15) is 28.7 Å². The fraction of sp³-hybridized carbons (Fsp3) is 0.283. The Hall–Kier alpha value is -6.69. The maximum Gasteiger partial charge on any atom is 0.343 e. The fourth-order valence-corrected chi connectivity index (χ4v) is 5.89. The Balaban J connectivity index is 1.04. The summed E-state index contributed by atoms with van der Waals surface area (Å²) >= 11 is 0. The van der Waals surface area contributed by atoms with Gasteiger partial charge in [0.05, 0.1) is 43.1 Å². The summed E-state index contributed by atoms with van der Waals surface area (Å²) in [4.78, 5) is 61.1. The predicted octanol–water partition coefficient (Wildman–Crippen LogP) is 8.46. The van der Waals surface area contributed by atoms with Gasteiger partial charge >= 0.3 is 29.8 Å². The first-order valence-electron chi connectivity index (χ1n) is 19.0. The highest BCUT2D eigenvalue weighted by atomic mass is 16.6. The number of esters is 5. The van der Waals surface area contributed by atoms with Crippen molar-refractivity contribution in [2.75, 3.05) is 26.4 Å². The minimum Gasteiger partial charge on any atom is -0.494 e. The summed E-state index contributed by atoms with van der Waals surface area (Å²) in [5.74, 6) is 0.0584. The van der Waals surface area contributed by atoms with Crippen molar-refractivity contribution < 1.29 is 57.1 Å². The normalized spacial score (nSPS) is 12.5. The summed E-state index contributed by atoms with van der Waals surface area (Å²) in [6.45, 7) is 10.0. The van der Waals surface area contributed by atoms with Crippen molar-refractivity contribution in [3.05, 3.63) is 139 Å². The molecule has 4 aromatic carbocycles. The highest BCUT2D eigenvalue weighted by Crippen LogP contribution is 2.35.